The highest BCUT2D eigenvalue weighted by molar-refractivity contribution is 5.92. The van der Waals surface area contributed by atoms with Gasteiger partial charge in [0.1, 0.15) is 5.69 Å². The van der Waals surface area contributed by atoms with Crippen LogP contribution in [0.25, 0.3) is 0 Å². The Morgan fingerprint density at radius 1 is 1.64 bits per heavy atom. The quantitative estimate of drug-likeness (QED) is 0.671. The SMILES string of the molecule is N#CCCNC(=O)c1ccc(N)cn1. The fourth-order valence-electron chi connectivity index (χ4n) is 0.862. The average molecular weight is 190 g/mol. The molecule has 3 N–H and O–H groups in total. The summed E-state index contributed by atoms with van der Waals surface area (Å²) in [4.78, 5) is 15.1. The van der Waals surface area contributed by atoms with Crippen LogP contribution in [-0.4, -0.2) is 17.4 Å². The van der Waals surface area contributed by atoms with Crippen molar-refractivity contribution in [2.45, 2.75) is 6.42 Å². The number of nitrogens with two attached hydrogens (primary N) is 1. The summed E-state index contributed by atoms with van der Waals surface area (Å²) in [6, 6.07) is 5.07. The molecule has 5 nitrogen and oxygen atoms in total. The first kappa shape index (κ1) is 9.99. The predicted molar refractivity (Wildman–Crippen MR) is 51.2 cm³/mol. The fraction of sp³-hybridized carbons (Fsp3) is 0.222. The van der Waals surface area contributed by atoms with Gasteiger partial charge in [0.25, 0.3) is 5.91 Å². The Morgan fingerprint density at radius 2 is 2.43 bits per heavy atom. The molecule has 0 aliphatic rings. The van der Waals surface area contributed by atoms with E-state index < -0.39 is 0 Å². The lowest BCUT2D eigenvalue weighted by atomic mass is 10.3. The molecule has 0 aliphatic heterocycles. The molecule has 0 aliphatic carbocycles. The van der Waals surface area contributed by atoms with Crippen LogP contribution in [0.1, 0.15) is 16.9 Å². The zero-order chi connectivity index (χ0) is 10.4. The second kappa shape index (κ2) is 4.82. The van der Waals surface area contributed by atoms with E-state index in [1.807, 2.05) is 6.07 Å². The van der Waals surface area contributed by atoms with E-state index in [1.165, 1.54) is 12.3 Å². The molecule has 0 unspecified atom stereocenters. The smallest absolute Gasteiger partial charge is 0.269 e. The number of carbonyl (C=O) groups excluding carboxylic acids is 1. The van der Waals surface area contributed by atoms with Crippen LogP contribution in [0.2, 0.25) is 0 Å². The van der Waals surface area contributed by atoms with Crippen LogP contribution >= 0.6 is 0 Å². The number of aromatic nitrogens is 1. The molecule has 0 aromatic carbocycles. The van der Waals surface area contributed by atoms with Crippen molar-refractivity contribution in [1.82, 2.24) is 10.3 Å². The molecular formula is C9H10N4O. The highest BCUT2D eigenvalue weighted by Crippen LogP contribution is 2.00. The molecule has 0 bridgehead atoms. The lowest BCUT2D eigenvalue weighted by molar-refractivity contribution is 0.0949. The molecule has 0 saturated heterocycles. The van der Waals surface area contributed by atoms with Crippen LogP contribution in [-0.2, 0) is 0 Å². The monoisotopic (exact) mass is 190 g/mol. The number of nitrogen functional groups attached to an aromatic ring is 1. The van der Waals surface area contributed by atoms with Crippen LogP contribution in [0, 0.1) is 11.3 Å². The van der Waals surface area contributed by atoms with Crippen molar-refractivity contribution in [2.24, 2.45) is 0 Å². The van der Waals surface area contributed by atoms with Crippen molar-refractivity contribution in [3.8, 4) is 6.07 Å². The summed E-state index contributed by atoms with van der Waals surface area (Å²) in [5.41, 5.74) is 6.23. The van der Waals surface area contributed by atoms with E-state index in [9.17, 15) is 4.79 Å². The van der Waals surface area contributed by atoms with Gasteiger partial charge in [-0.2, -0.15) is 5.26 Å². The predicted octanol–water partition coefficient (Wildman–Crippen LogP) is 0.307. The largest absolute Gasteiger partial charge is 0.397 e. The Bertz CT molecular complexity index is 352. The van der Waals surface area contributed by atoms with Gasteiger partial charge in [-0.05, 0) is 12.1 Å². The maximum Gasteiger partial charge on any atom is 0.269 e. The zero-order valence-electron chi connectivity index (χ0n) is 7.53. The summed E-state index contributed by atoms with van der Waals surface area (Å²) in [7, 11) is 0. The number of anilines is 1. The third-order valence-electron chi connectivity index (χ3n) is 1.54. The Kier molecular flexibility index (Phi) is 3.44. The van der Waals surface area contributed by atoms with Crippen molar-refractivity contribution in [2.75, 3.05) is 12.3 Å². The van der Waals surface area contributed by atoms with Gasteiger partial charge in [0.15, 0.2) is 0 Å². The third kappa shape index (κ3) is 2.75. The van der Waals surface area contributed by atoms with E-state index in [2.05, 4.69) is 10.3 Å². The molecular weight excluding hydrogens is 180 g/mol. The van der Waals surface area contributed by atoms with Crippen molar-refractivity contribution >= 4 is 11.6 Å². The molecule has 0 spiro atoms. The van der Waals surface area contributed by atoms with Crippen LogP contribution in [0.3, 0.4) is 0 Å². The third-order valence-corrected chi connectivity index (χ3v) is 1.54. The van der Waals surface area contributed by atoms with Crippen molar-refractivity contribution in [3.63, 3.8) is 0 Å². The number of nitrogens with zero attached hydrogens (tertiary/aromatic N) is 2. The fourth-order valence-corrected chi connectivity index (χ4v) is 0.862. The topological polar surface area (TPSA) is 91.8 Å². The Morgan fingerprint density at radius 3 is 3.00 bits per heavy atom. The van der Waals surface area contributed by atoms with Crippen LogP contribution in [0.15, 0.2) is 18.3 Å². The van der Waals surface area contributed by atoms with Gasteiger partial charge in [-0.15, -0.1) is 0 Å². The van der Waals surface area contributed by atoms with E-state index in [1.54, 1.807) is 6.07 Å². The summed E-state index contributed by atoms with van der Waals surface area (Å²) in [5, 5.41) is 10.8. The van der Waals surface area contributed by atoms with Crippen LogP contribution < -0.4 is 11.1 Å². The summed E-state index contributed by atoms with van der Waals surface area (Å²) in [5.74, 6) is -0.291. The minimum Gasteiger partial charge on any atom is -0.397 e. The Labute approximate surface area is 81.6 Å². The molecule has 72 valence electrons. The molecule has 1 heterocycles. The van der Waals surface area contributed by atoms with Gasteiger partial charge >= 0.3 is 0 Å². The number of nitriles is 1. The lowest BCUT2D eigenvalue weighted by Gasteiger charge is -2.01. The van der Waals surface area contributed by atoms with Crippen molar-refractivity contribution in [3.05, 3.63) is 24.0 Å². The minimum absolute atomic E-state index is 0.291. The van der Waals surface area contributed by atoms with Gasteiger partial charge in [-0.25, -0.2) is 4.98 Å². The minimum atomic E-state index is -0.291. The average Bonchev–Trinajstić information content (AvgIpc) is 2.19. The van der Waals surface area contributed by atoms with E-state index in [0.29, 0.717) is 24.3 Å². The van der Waals surface area contributed by atoms with E-state index in [4.69, 9.17) is 11.0 Å². The van der Waals surface area contributed by atoms with E-state index in [0.717, 1.165) is 0 Å². The molecule has 0 atom stereocenters. The first-order valence-electron chi connectivity index (χ1n) is 4.10. The molecule has 1 rings (SSSR count). The summed E-state index contributed by atoms with van der Waals surface area (Å²) >= 11 is 0. The first-order chi connectivity index (χ1) is 6.74. The van der Waals surface area contributed by atoms with E-state index >= 15 is 0 Å². The molecule has 0 fully saturated rings. The van der Waals surface area contributed by atoms with Gasteiger partial charge in [0.05, 0.1) is 24.4 Å². The maximum absolute atomic E-state index is 11.3. The second-order valence-corrected chi connectivity index (χ2v) is 2.64. The first-order valence-corrected chi connectivity index (χ1v) is 4.10. The maximum atomic E-state index is 11.3. The number of hydrogen-bond donors (Lipinski definition) is 2. The standard InChI is InChI=1S/C9H10N4O/c10-4-1-5-12-9(14)8-3-2-7(11)6-13-8/h2-3,6H,1,5,11H2,(H,12,14). The van der Waals surface area contributed by atoms with Gasteiger partial charge in [0.2, 0.25) is 0 Å². The number of carbonyl (C=O) groups is 1. The van der Waals surface area contributed by atoms with Crippen molar-refractivity contribution in [1.29, 1.82) is 5.26 Å². The van der Waals surface area contributed by atoms with Gasteiger partial charge in [0, 0.05) is 6.54 Å². The number of rotatable bonds is 3. The normalized spacial score (nSPS) is 9.07. The van der Waals surface area contributed by atoms with E-state index in [-0.39, 0.29) is 5.91 Å². The molecule has 1 aromatic heterocycles. The lowest BCUT2D eigenvalue weighted by Crippen LogP contribution is -2.25. The molecule has 1 aromatic rings. The molecule has 0 saturated carbocycles. The Hall–Kier alpha value is -2.09. The van der Waals surface area contributed by atoms with Gasteiger partial charge in [-0.3, -0.25) is 4.79 Å². The number of pyridine rings is 1. The van der Waals surface area contributed by atoms with Crippen LogP contribution in [0.4, 0.5) is 5.69 Å². The summed E-state index contributed by atoms with van der Waals surface area (Å²) < 4.78 is 0. The number of amides is 1. The van der Waals surface area contributed by atoms with Gasteiger partial charge in [-0.1, -0.05) is 0 Å². The Balaban J connectivity index is 2.53. The summed E-state index contributed by atoms with van der Waals surface area (Å²) in [6.45, 7) is 0.335. The van der Waals surface area contributed by atoms with Gasteiger partial charge < -0.3 is 11.1 Å². The molecule has 1 amide bonds. The number of hydrogen-bond acceptors (Lipinski definition) is 4. The zero-order valence-corrected chi connectivity index (χ0v) is 7.53. The molecule has 0 radical (unpaired) electrons. The highest BCUT2D eigenvalue weighted by atomic mass is 16.1. The summed E-state index contributed by atoms with van der Waals surface area (Å²) in [6.07, 6.45) is 1.71. The molecule has 14 heavy (non-hydrogen) atoms. The molecule has 5 heteroatoms. The highest BCUT2D eigenvalue weighted by Gasteiger charge is 2.04. The number of nitrogens with one attached hydrogen (secondary N) is 1. The second-order valence-electron chi connectivity index (χ2n) is 2.64. The van der Waals surface area contributed by atoms with Crippen molar-refractivity contribution < 1.29 is 4.79 Å². The van der Waals surface area contributed by atoms with Crippen LogP contribution in [0.5, 0.6) is 0 Å².